The van der Waals surface area contributed by atoms with Crippen molar-refractivity contribution < 1.29 is 83.4 Å². The number of hydrogen-bond donors (Lipinski definition) is 12. The fourth-order valence-corrected chi connectivity index (χ4v) is 8.55. The molecule has 3 aliphatic heterocycles. The van der Waals surface area contributed by atoms with Gasteiger partial charge in [-0.05, 0) is 84.5 Å². The van der Waals surface area contributed by atoms with E-state index in [2.05, 4.69) is 26.6 Å². The Hall–Kier alpha value is -5.99. The molecule has 0 spiro atoms. The Balaban J connectivity index is 1.82. The highest BCUT2D eigenvalue weighted by molar-refractivity contribution is 5.99. The average Bonchev–Trinajstić information content (AvgIpc) is 4.07. The highest BCUT2D eigenvalue weighted by atomic mass is 16.4. The fourth-order valence-electron chi connectivity index (χ4n) is 8.55. The molecule has 3 heterocycles. The van der Waals surface area contributed by atoms with Gasteiger partial charge >= 0.3 is 17.9 Å². The van der Waals surface area contributed by atoms with Crippen LogP contribution in [-0.2, 0) is 52.7 Å². The molecule has 12 unspecified atom stereocenters. The van der Waals surface area contributed by atoms with Crippen molar-refractivity contribution >= 4 is 65.2 Å². The Bertz CT molecular complexity index is 1910. The van der Waals surface area contributed by atoms with Crippen molar-refractivity contribution in [2.75, 3.05) is 19.6 Å². The van der Waals surface area contributed by atoms with Crippen LogP contribution >= 0.6 is 0 Å². The van der Waals surface area contributed by atoms with Crippen molar-refractivity contribution in [3.8, 4) is 0 Å². The molecular formula is C43H69N9O17. The third-order valence-electron chi connectivity index (χ3n) is 12.3. The monoisotopic (exact) mass is 983 g/mol. The summed E-state index contributed by atoms with van der Waals surface area (Å²) in [5.41, 5.74) is 5.66. The van der Waals surface area contributed by atoms with Gasteiger partial charge < -0.3 is 77.7 Å². The molecular weight excluding hydrogens is 915 g/mol. The van der Waals surface area contributed by atoms with Gasteiger partial charge in [0.15, 0.2) is 0 Å². The number of carbonyl (C=O) groups is 11. The molecule has 3 saturated heterocycles. The third-order valence-corrected chi connectivity index (χ3v) is 12.3. The molecule has 0 saturated carbocycles. The molecule has 388 valence electrons. The summed E-state index contributed by atoms with van der Waals surface area (Å²) in [5.74, 6) is -11.6. The Morgan fingerprint density at radius 3 is 1.39 bits per heavy atom. The largest absolute Gasteiger partial charge is 0.481 e. The van der Waals surface area contributed by atoms with E-state index in [0.29, 0.717) is 12.8 Å². The van der Waals surface area contributed by atoms with Gasteiger partial charge in [-0.2, -0.15) is 0 Å². The lowest BCUT2D eigenvalue weighted by molar-refractivity contribution is -0.152. The van der Waals surface area contributed by atoms with Crippen molar-refractivity contribution in [3.63, 3.8) is 0 Å². The van der Waals surface area contributed by atoms with Crippen LogP contribution < -0.4 is 32.3 Å². The Morgan fingerprint density at radius 2 is 0.942 bits per heavy atom. The highest BCUT2D eigenvalue weighted by Gasteiger charge is 2.45. The second-order valence-electron chi connectivity index (χ2n) is 18.3. The fraction of sp³-hybridized carbons (Fsp3) is 0.744. The van der Waals surface area contributed by atoms with Crippen LogP contribution in [-0.4, -0.2) is 203 Å². The predicted octanol–water partition coefficient (Wildman–Crippen LogP) is -4.29. The zero-order chi connectivity index (χ0) is 52.0. The van der Waals surface area contributed by atoms with Gasteiger partial charge in [0.2, 0.25) is 47.3 Å². The molecule has 8 amide bonds. The van der Waals surface area contributed by atoms with Crippen molar-refractivity contribution in [1.82, 2.24) is 41.3 Å². The van der Waals surface area contributed by atoms with Crippen LogP contribution in [0, 0.1) is 5.92 Å². The van der Waals surface area contributed by atoms with E-state index in [4.69, 9.17) is 5.73 Å². The summed E-state index contributed by atoms with van der Waals surface area (Å²) in [7, 11) is 0. The van der Waals surface area contributed by atoms with E-state index in [0.717, 1.165) is 11.8 Å². The van der Waals surface area contributed by atoms with Crippen molar-refractivity contribution in [2.24, 2.45) is 11.7 Å². The Morgan fingerprint density at radius 1 is 0.522 bits per heavy atom. The molecule has 26 nitrogen and oxygen atoms in total. The average molecular weight is 984 g/mol. The molecule has 0 aromatic heterocycles. The van der Waals surface area contributed by atoms with Gasteiger partial charge in [0, 0.05) is 32.5 Å². The zero-order valence-electron chi connectivity index (χ0n) is 39.5. The molecule has 3 aliphatic rings. The zero-order valence-corrected chi connectivity index (χ0v) is 39.5. The number of rotatable bonds is 25. The molecule has 0 aliphatic carbocycles. The maximum atomic E-state index is 14.2. The number of carboxylic acids is 3. The van der Waals surface area contributed by atoms with Gasteiger partial charge in [-0.25, -0.2) is 4.79 Å². The standard InChI is InChI=1S/C43H69N9O17/c1-20(2)19-26(47-39(64)34(23(5)55)49-37(62)32(44)21(3)53)35(60)48-33(22(4)54)38(63)46-25(13-15-31(58)59)40(65)50-16-6-9-27(50)36(61)45-24(12-14-30(56)57)41(66)51-17-7-10-28(51)42(67)52-18-8-11-29(52)43(68)69/h20-29,32-34,53-55H,6-19,44H2,1-5H3,(H,45,61)(H,46,63)(H,47,64)(H,48,60)(H,49,62)(H,56,57)(H,58,59)(H,68,69). The number of carboxylic acid groups (broad SMARTS) is 3. The molecule has 26 heteroatoms. The van der Waals surface area contributed by atoms with Crippen LogP contribution in [0.15, 0.2) is 0 Å². The summed E-state index contributed by atoms with van der Waals surface area (Å²) in [6.07, 6.45) is -5.30. The van der Waals surface area contributed by atoms with Crippen LogP contribution in [0.1, 0.15) is 105 Å². The van der Waals surface area contributed by atoms with Gasteiger partial charge in [0.25, 0.3) is 0 Å². The maximum absolute atomic E-state index is 14.2. The molecule has 3 rings (SSSR count). The predicted molar refractivity (Wildman–Crippen MR) is 238 cm³/mol. The first-order valence-corrected chi connectivity index (χ1v) is 23.2. The second kappa shape index (κ2) is 26.1. The van der Waals surface area contributed by atoms with E-state index in [1.807, 2.05) is 0 Å². The van der Waals surface area contributed by atoms with Crippen LogP contribution in [0.25, 0.3) is 0 Å². The lowest BCUT2D eigenvalue weighted by Crippen LogP contribution is -2.63. The first-order valence-electron chi connectivity index (χ1n) is 23.2. The first kappa shape index (κ1) is 57.3. The smallest absolute Gasteiger partial charge is 0.326 e. The number of hydrogen-bond acceptors (Lipinski definition) is 15. The molecule has 3 fully saturated rings. The number of nitrogens with zero attached hydrogens (tertiary/aromatic N) is 3. The van der Waals surface area contributed by atoms with Crippen LogP contribution in [0.2, 0.25) is 0 Å². The van der Waals surface area contributed by atoms with Crippen molar-refractivity contribution in [1.29, 1.82) is 0 Å². The minimum Gasteiger partial charge on any atom is -0.481 e. The second-order valence-corrected chi connectivity index (χ2v) is 18.3. The van der Waals surface area contributed by atoms with E-state index in [9.17, 15) is 83.4 Å². The van der Waals surface area contributed by atoms with Crippen LogP contribution in [0.5, 0.6) is 0 Å². The van der Waals surface area contributed by atoms with Crippen molar-refractivity contribution in [3.05, 3.63) is 0 Å². The maximum Gasteiger partial charge on any atom is 0.326 e. The number of carbonyl (C=O) groups excluding carboxylic acids is 8. The number of nitrogens with one attached hydrogen (secondary N) is 5. The summed E-state index contributed by atoms with van der Waals surface area (Å²) < 4.78 is 0. The minimum absolute atomic E-state index is 0.0235. The van der Waals surface area contributed by atoms with Crippen molar-refractivity contribution in [2.45, 2.75) is 178 Å². The third kappa shape index (κ3) is 16.0. The van der Waals surface area contributed by atoms with Gasteiger partial charge in [-0.1, -0.05) is 13.8 Å². The molecule has 12 atom stereocenters. The number of likely N-dealkylation sites (tertiary alicyclic amines) is 3. The quantitative estimate of drug-likeness (QED) is 0.0412. The number of aliphatic hydroxyl groups excluding tert-OH is 3. The van der Waals surface area contributed by atoms with Gasteiger partial charge in [-0.15, -0.1) is 0 Å². The lowest BCUT2D eigenvalue weighted by Gasteiger charge is -2.33. The SMILES string of the molecule is CC(C)CC(NC(=O)C(NC(=O)C(N)C(C)O)C(C)O)C(=O)NC(C(=O)NC(CCC(=O)O)C(=O)N1CCCC1C(=O)NC(CCC(=O)O)C(=O)N1CCCC1C(=O)N1CCCC1C(=O)O)C(C)O. The number of aliphatic carboxylic acids is 3. The van der Waals surface area contributed by atoms with Gasteiger partial charge in [0.05, 0.1) is 18.3 Å². The Labute approximate surface area is 398 Å². The molecule has 69 heavy (non-hydrogen) atoms. The number of nitrogens with two attached hydrogens (primary N) is 1. The summed E-state index contributed by atoms with van der Waals surface area (Å²) in [6.45, 7) is 7.06. The van der Waals surface area contributed by atoms with E-state index in [1.165, 1.54) is 23.6 Å². The minimum atomic E-state index is -1.83. The molecule has 0 aromatic rings. The summed E-state index contributed by atoms with van der Waals surface area (Å²) in [4.78, 5) is 148. The lowest BCUT2D eigenvalue weighted by atomic mass is 10.0. The first-order chi connectivity index (χ1) is 32.3. The summed E-state index contributed by atoms with van der Waals surface area (Å²) in [5, 5.41) is 71.3. The van der Waals surface area contributed by atoms with E-state index >= 15 is 0 Å². The van der Waals surface area contributed by atoms with Gasteiger partial charge in [-0.3, -0.25) is 47.9 Å². The molecule has 0 aromatic carbocycles. The highest BCUT2D eigenvalue weighted by Crippen LogP contribution is 2.27. The van der Waals surface area contributed by atoms with E-state index in [-0.39, 0.29) is 57.7 Å². The van der Waals surface area contributed by atoms with Crippen LogP contribution in [0.3, 0.4) is 0 Å². The molecule has 13 N–H and O–H groups in total. The van der Waals surface area contributed by atoms with Crippen LogP contribution in [0.4, 0.5) is 0 Å². The number of aliphatic hydroxyl groups is 3. The summed E-state index contributed by atoms with van der Waals surface area (Å²) in [6, 6.07) is -13.0. The molecule has 0 bridgehead atoms. The Kier molecular flexibility index (Phi) is 21.7. The summed E-state index contributed by atoms with van der Waals surface area (Å²) >= 11 is 0. The topological polar surface area (TPSA) is 405 Å². The van der Waals surface area contributed by atoms with E-state index in [1.54, 1.807) is 13.8 Å². The molecule has 0 radical (unpaired) electrons. The number of amides is 8. The van der Waals surface area contributed by atoms with E-state index < -0.39 is 164 Å². The normalized spacial score (nSPS) is 21.9. The van der Waals surface area contributed by atoms with Gasteiger partial charge in [0.1, 0.15) is 54.4 Å².